The molecule has 1 aliphatic rings. The minimum Gasteiger partial charge on any atom is -0.346 e. The predicted molar refractivity (Wildman–Crippen MR) is 135 cm³/mol. The van der Waals surface area contributed by atoms with E-state index in [4.69, 9.17) is 23.2 Å². The molecule has 1 saturated carbocycles. The first-order valence-corrected chi connectivity index (χ1v) is 12.9. The quantitative estimate of drug-likeness (QED) is 0.319. The second-order valence-electron chi connectivity index (χ2n) is 7.93. The fourth-order valence-corrected chi connectivity index (χ4v) is 7.10. The normalized spacial score (nSPS) is 18.7. The van der Waals surface area contributed by atoms with E-state index in [1.165, 1.54) is 22.7 Å². The maximum absolute atomic E-state index is 13.1. The zero-order valence-corrected chi connectivity index (χ0v) is 20.1. The summed E-state index contributed by atoms with van der Waals surface area (Å²) in [5.41, 5.74) is 0. The topological polar surface area (TPSA) is 58.2 Å². The number of amides is 2. The highest BCUT2D eigenvalue weighted by Crippen LogP contribution is 2.36. The summed E-state index contributed by atoms with van der Waals surface area (Å²) in [7, 11) is 0. The number of hydrogen-bond acceptors (Lipinski definition) is 4. The lowest BCUT2D eigenvalue weighted by molar-refractivity contribution is 0.0867. The molecule has 1 aliphatic carbocycles. The van der Waals surface area contributed by atoms with Crippen LogP contribution in [0.25, 0.3) is 20.2 Å². The van der Waals surface area contributed by atoms with Crippen molar-refractivity contribution >= 4 is 77.9 Å². The summed E-state index contributed by atoms with van der Waals surface area (Å²) < 4.78 is 1.96. The summed E-state index contributed by atoms with van der Waals surface area (Å²) in [5.74, 6) is -0.385. The van der Waals surface area contributed by atoms with Gasteiger partial charge in [-0.05, 0) is 25.0 Å². The van der Waals surface area contributed by atoms with Crippen molar-refractivity contribution in [3.8, 4) is 0 Å². The fourth-order valence-electron chi connectivity index (χ4n) is 4.26. The number of rotatable bonds is 4. The van der Waals surface area contributed by atoms with Crippen molar-refractivity contribution < 1.29 is 9.59 Å². The molecule has 32 heavy (non-hydrogen) atoms. The number of carbonyl (C=O) groups is 2. The molecule has 4 nitrogen and oxygen atoms in total. The van der Waals surface area contributed by atoms with Gasteiger partial charge in [0.05, 0.1) is 10.0 Å². The van der Waals surface area contributed by atoms with Crippen LogP contribution in [0, 0.1) is 0 Å². The molecule has 0 aliphatic heterocycles. The molecule has 164 valence electrons. The summed E-state index contributed by atoms with van der Waals surface area (Å²) in [6.45, 7) is 0. The number of nitrogens with one attached hydrogen (secondary N) is 2. The Labute approximate surface area is 203 Å². The van der Waals surface area contributed by atoms with Gasteiger partial charge in [0.1, 0.15) is 9.75 Å². The van der Waals surface area contributed by atoms with Gasteiger partial charge in [0.15, 0.2) is 0 Å². The number of fused-ring (bicyclic) bond motifs is 2. The Hall–Kier alpha value is -2.12. The summed E-state index contributed by atoms with van der Waals surface area (Å²) in [6.07, 6.45) is 3.61. The summed E-state index contributed by atoms with van der Waals surface area (Å²) in [4.78, 5) is 27.1. The van der Waals surface area contributed by atoms with Gasteiger partial charge in [-0.1, -0.05) is 72.4 Å². The maximum Gasteiger partial charge on any atom is 0.263 e. The average molecular weight is 503 g/mol. The van der Waals surface area contributed by atoms with Crippen LogP contribution in [0.1, 0.15) is 45.0 Å². The number of halogens is 2. The molecule has 0 bridgehead atoms. The largest absolute Gasteiger partial charge is 0.346 e. The van der Waals surface area contributed by atoms with Gasteiger partial charge in [0.2, 0.25) is 0 Å². The van der Waals surface area contributed by atoms with Crippen molar-refractivity contribution in [2.24, 2.45) is 0 Å². The van der Waals surface area contributed by atoms with Crippen LogP contribution in [0.3, 0.4) is 0 Å². The van der Waals surface area contributed by atoms with Crippen LogP contribution in [0.15, 0.2) is 48.5 Å². The molecule has 0 radical (unpaired) electrons. The van der Waals surface area contributed by atoms with Crippen molar-refractivity contribution in [2.75, 3.05) is 0 Å². The average Bonchev–Trinajstić information content (AvgIpc) is 3.33. The van der Waals surface area contributed by atoms with Crippen LogP contribution in [-0.2, 0) is 0 Å². The molecule has 4 aromatic rings. The third-order valence-electron chi connectivity index (χ3n) is 5.88. The third-order valence-corrected chi connectivity index (χ3v) is 9.23. The molecular weight excluding hydrogens is 483 g/mol. The van der Waals surface area contributed by atoms with Gasteiger partial charge in [-0.2, -0.15) is 0 Å². The van der Waals surface area contributed by atoms with Gasteiger partial charge in [-0.3, -0.25) is 9.59 Å². The lowest BCUT2D eigenvalue weighted by atomic mass is 9.90. The Morgan fingerprint density at radius 3 is 1.53 bits per heavy atom. The Balaban J connectivity index is 1.34. The second kappa shape index (κ2) is 9.02. The molecular formula is C24H20Cl2N2O2S2. The first-order chi connectivity index (χ1) is 15.5. The highest BCUT2D eigenvalue weighted by atomic mass is 35.5. The third kappa shape index (κ3) is 4.01. The summed E-state index contributed by atoms with van der Waals surface area (Å²) >= 11 is 15.8. The van der Waals surface area contributed by atoms with Crippen LogP contribution >= 0.6 is 45.9 Å². The van der Waals surface area contributed by atoms with Crippen LogP contribution in [0.5, 0.6) is 0 Å². The molecule has 0 spiro atoms. The van der Waals surface area contributed by atoms with E-state index in [0.717, 1.165) is 45.9 Å². The molecule has 1 fully saturated rings. The molecule has 2 amide bonds. The van der Waals surface area contributed by atoms with E-state index in [2.05, 4.69) is 10.6 Å². The minimum atomic E-state index is -0.192. The molecule has 0 saturated heterocycles. The molecule has 2 atom stereocenters. The van der Waals surface area contributed by atoms with Crippen molar-refractivity contribution in [1.29, 1.82) is 0 Å². The van der Waals surface area contributed by atoms with Crippen LogP contribution < -0.4 is 10.6 Å². The van der Waals surface area contributed by atoms with E-state index in [1.807, 2.05) is 48.5 Å². The number of hydrogen-bond donors (Lipinski definition) is 2. The molecule has 5 rings (SSSR count). The first-order valence-electron chi connectivity index (χ1n) is 10.5. The van der Waals surface area contributed by atoms with Crippen LogP contribution in [0.2, 0.25) is 10.0 Å². The van der Waals surface area contributed by atoms with Crippen LogP contribution in [-0.4, -0.2) is 23.9 Å². The van der Waals surface area contributed by atoms with E-state index >= 15 is 0 Å². The van der Waals surface area contributed by atoms with Crippen molar-refractivity contribution in [2.45, 2.75) is 37.8 Å². The van der Waals surface area contributed by atoms with E-state index in [-0.39, 0.29) is 23.9 Å². The Morgan fingerprint density at radius 2 is 1.12 bits per heavy atom. The van der Waals surface area contributed by atoms with Crippen molar-refractivity contribution in [1.82, 2.24) is 10.6 Å². The summed E-state index contributed by atoms with van der Waals surface area (Å²) in [5, 5.41) is 8.99. The van der Waals surface area contributed by atoms with E-state index in [9.17, 15) is 9.59 Å². The van der Waals surface area contributed by atoms with E-state index in [1.54, 1.807) is 0 Å². The molecule has 2 heterocycles. The molecule has 2 aromatic heterocycles. The minimum absolute atomic E-state index is 0.158. The van der Waals surface area contributed by atoms with Gasteiger partial charge < -0.3 is 10.6 Å². The smallest absolute Gasteiger partial charge is 0.263 e. The van der Waals surface area contributed by atoms with E-state index < -0.39 is 0 Å². The van der Waals surface area contributed by atoms with Crippen molar-refractivity contribution in [3.63, 3.8) is 0 Å². The van der Waals surface area contributed by atoms with Crippen molar-refractivity contribution in [3.05, 3.63) is 68.3 Å². The first kappa shape index (κ1) is 21.7. The Kier molecular flexibility index (Phi) is 6.12. The molecule has 2 unspecified atom stereocenters. The standard InChI is InChI=1S/C24H20Cl2N2O2S2/c25-19-13-7-1-5-11-17(13)31-21(19)23(29)27-15-9-3-4-10-16(15)28-24(30)22-20(26)14-8-2-6-12-18(14)32-22/h1-2,5-8,11-12,15-16H,3-4,9-10H2,(H,27,29)(H,28,30). The highest BCUT2D eigenvalue weighted by Gasteiger charge is 2.30. The Bertz CT molecular complexity index is 1230. The van der Waals surface area contributed by atoms with Crippen LogP contribution in [0.4, 0.5) is 0 Å². The number of carbonyl (C=O) groups excluding carboxylic acids is 2. The molecule has 8 heteroatoms. The number of thiophene rings is 2. The van der Waals surface area contributed by atoms with Gasteiger partial charge in [-0.15, -0.1) is 22.7 Å². The molecule has 2 N–H and O–H groups in total. The zero-order chi connectivity index (χ0) is 22.2. The zero-order valence-electron chi connectivity index (χ0n) is 17.0. The highest BCUT2D eigenvalue weighted by molar-refractivity contribution is 7.22. The SMILES string of the molecule is O=C(NC1CCCCC1NC(=O)c1sc2ccccc2c1Cl)c1sc2ccccc2c1Cl. The summed E-state index contributed by atoms with van der Waals surface area (Å²) in [6, 6.07) is 15.1. The maximum atomic E-state index is 13.1. The van der Waals surface area contributed by atoms with Gasteiger partial charge >= 0.3 is 0 Å². The fraction of sp³-hybridized carbons (Fsp3) is 0.250. The lowest BCUT2D eigenvalue weighted by Gasteiger charge is -2.32. The molecule has 2 aromatic carbocycles. The monoisotopic (exact) mass is 502 g/mol. The number of benzene rings is 2. The lowest BCUT2D eigenvalue weighted by Crippen LogP contribution is -2.53. The second-order valence-corrected chi connectivity index (χ2v) is 10.8. The van der Waals surface area contributed by atoms with Gasteiger partial charge in [0.25, 0.3) is 11.8 Å². The predicted octanol–water partition coefficient (Wildman–Crippen LogP) is 6.89. The van der Waals surface area contributed by atoms with Gasteiger partial charge in [-0.25, -0.2) is 0 Å². The van der Waals surface area contributed by atoms with E-state index in [0.29, 0.717) is 19.8 Å². The van der Waals surface area contributed by atoms with Gasteiger partial charge in [0, 0.05) is 32.3 Å². The Morgan fingerprint density at radius 1 is 0.719 bits per heavy atom.